The minimum atomic E-state index is -0.938. The van der Waals surface area contributed by atoms with Crippen molar-refractivity contribution in [3.05, 3.63) is 59.2 Å². The maximum atomic E-state index is 6.48. The van der Waals surface area contributed by atoms with Gasteiger partial charge in [0.2, 0.25) is 0 Å². The van der Waals surface area contributed by atoms with Crippen LogP contribution in [-0.4, -0.2) is 6.16 Å². The molecule has 2 nitrogen and oxygen atoms in total. The molecule has 0 N–H and O–H groups in total. The first-order valence-electron chi connectivity index (χ1n) is 11.1. The second kappa shape index (κ2) is 11.5. The lowest BCUT2D eigenvalue weighted by atomic mass is 9.95. The molecule has 0 radical (unpaired) electrons. The third-order valence-electron chi connectivity index (χ3n) is 5.46. The Morgan fingerprint density at radius 1 is 0.750 bits per heavy atom. The Morgan fingerprint density at radius 2 is 1.46 bits per heavy atom. The highest BCUT2D eigenvalue weighted by Crippen LogP contribution is 2.47. The minimum Gasteiger partial charge on any atom is -0.438 e. The lowest BCUT2D eigenvalue weighted by Gasteiger charge is -2.26. The zero-order chi connectivity index (χ0) is 19.6. The third-order valence-corrected chi connectivity index (χ3v) is 6.95. The topological polar surface area (TPSA) is 18.5 Å². The minimum absolute atomic E-state index is 0.894. The molecular weight excluding hydrogens is 363 g/mol. The number of hydrogen-bond acceptors (Lipinski definition) is 2. The van der Waals surface area contributed by atoms with Crippen LogP contribution in [0.2, 0.25) is 0 Å². The molecule has 3 heteroatoms. The average molecular weight is 399 g/mol. The van der Waals surface area contributed by atoms with Crippen LogP contribution in [-0.2, 0) is 12.8 Å². The average Bonchev–Trinajstić information content (AvgIpc) is 2.70. The van der Waals surface area contributed by atoms with Gasteiger partial charge in [0, 0.05) is 18.1 Å². The van der Waals surface area contributed by atoms with E-state index in [2.05, 4.69) is 56.3 Å². The number of aryl methyl sites for hydroxylation is 1. The molecule has 1 aliphatic heterocycles. The van der Waals surface area contributed by atoms with Gasteiger partial charge in [0.1, 0.15) is 11.5 Å². The molecule has 1 atom stereocenters. The molecule has 0 bridgehead atoms. The Bertz CT molecular complexity index is 728. The lowest BCUT2D eigenvalue weighted by Crippen LogP contribution is -2.09. The number of unbranched alkanes of at least 4 members (excludes halogenated alkanes) is 6. The van der Waals surface area contributed by atoms with Crippen LogP contribution in [0.25, 0.3) is 0 Å². The Balaban J connectivity index is 1.76. The van der Waals surface area contributed by atoms with Crippen LogP contribution in [0, 0.1) is 0 Å². The normalized spacial score (nSPS) is 15.6. The van der Waals surface area contributed by atoms with Gasteiger partial charge in [0.25, 0.3) is 8.38 Å². The largest absolute Gasteiger partial charge is 0.438 e. The molecule has 0 spiro atoms. The van der Waals surface area contributed by atoms with E-state index in [9.17, 15) is 0 Å². The first-order valence-corrected chi connectivity index (χ1v) is 12.5. The summed E-state index contributed by atoms with van der Waals surface area (Å²) < 4.78 is 12.9. The van der Waals surface area contributed by atoms with Crippen molar-refractivity contribution >= 4 is 8.38 Å². The number of hydrogen-bond donors (Lipinski definition) is 0. The van der Waals surface area contributed by atoms with Gasteiger partial charge >= 0.3 is 0 Å². The standard InChI is InChI=1S/C25H35O2P/c1-3-5-7-8-9-12-19-28-26-24-17-11-10-15-22(24)20-23-21(14-6-4-2)16-13-18-25(23)27-28/h10-11,13,15-18H,3-9,12,14,19-20H2,1-2H3. The zero-order valence-electron chi connectivity index (χ0n) is 17.6. The molecule has 1 heterocycles. The molecule has 3 rings (SSSR count). The van der Waals surface area contributed by atoms with Gasteiger partial charge in [-0.15, -0.1) is 0 Å². The molecule has 0 saturated carbocycles. The molecule has 0 aliphatic carbocycles. The van der Waals surface area contributed by atoms with E-state index in [-0.39, 0.29) is 0 Å². The lowest BCUT2D eigenvalue weighted by molar-refractivity contribution is 0.472. The van der Waals surface area contributed by atoms with Crippen LogP contribution in [0.5, 0.6) is 11.5 Å². The third kappa shape index (κ3) is 5.98. The zero-order valence-corrected chi connectivity index (χ0v) is 18.5. The molecule has 1 aliphatic rings. The fourth-order valence-electron chi connectivity index (χ4n) is 3.78. The van der Waals surface area contributed by atoms with Gasteiger partial charge in [-0.25, -0.2) is 0 Å². The van der Waals surface area contributed by atoms with E-state index in [4.69, 9.17) is 9.05 Å². The number of fused-ring (bicyclic) bond motifs is 2. The molecule has 2 aromatic carbocycles. The summed E-state index contributed by atoms with van der Waals surface area (Å²) in [6.07, 6.45) is 13.3. The Morgan fingerprint density at radius 3 is 2.32 bits per heavy atom. The molecule has 28 heavy (non-hydrogen) atoms. The quantitative estimate of drug-likeness (QED) is 0.297. The van der Waals surface area contributed by atoms with E-state index >= 15 is 0 Å². The second-order valence-electron chi connectivity index (χ2n) is 7.79. The maximum absolute atomic E-state index is 6.48. The SMILES string of the molecule is CCCCCCCCP1Oc2ccccc2Cc2c(CCCC)cccc2O1. The van der Waals surface area contributed by atoms with E-state index in [1.54, 1.807) is 0 Å². The summed E-state index contributed by atoms with van der Waals surface area (Å²) in [4.78, 5) is 0. The Hall–Kier alpha value is -1.53. The van der Waals surface area contributed by atoms with Crippen molar-refractivity contribution in [2.24, 2.45) is 0 Å². The summed E-state index contributed by atoms with van der Waals surface area (Å²) in [6.45, 7) is 4.52. The Kier molecular flexibility index (Phi) is 8.68. The monoisotopic (exact) mass is 398 g/mol. The summed E-state index contributed by atoms with van der Waals surface area (Å²) in [5.74, 6) is 2.05. The number of para-hydroxylation sites is 1. The fourth-order valence-corrected chi connectivity index (χ4v) is 5.27. The van der Waals surface area contributed by atoms with Crippen molar-refractivity contribution in [2.45, 2.75) is 78.1 Å². The van der Waals surface area contributed by atoms with Crippen LogP contribution in [0.1, 0.15) is 81.9 Å². The van der Waals surface area contributed by atoms with E-state index in [1.807, 2.05) is 0 Å². The van der Waals surface area contributed by atoms with Crippen LogP contribution in [0.15, 0.2) is 42.5 Å². The van der Waals surface area contributed by atoms with Gasteiger partial charge in [0.15, 0.2) is 0 Å². The molecule has 0 saturated heterocycles. The molecule has 0 fully saturated rings. The fraction of sp³-hybridized carbons (Fsp3) is 0.520. The molecular formula is C25H35O2P. The summed E-state index contributed by atoms with van der Waals surface area (Å²) >= 11 is 0. The summed E-state index contributed by atoms with van der Waals surface area (Å²) in [6, 6.07) is 15.1. The first-order chi connectivity index (χ1) is 13.8. The Labute approximate surface area is 172 Å². The van der Waals surface area contributed by atoms with Crippen LogP contribution < -0.4 is 9.05 Å². The van der Waals surface area contributed by atoms with E-state index in [0.29, 0.717) is 0 Å². The van der Waals surface area contributed by atoms with Crippen molar-refractivity contribution in [1.29, 1.82) is 0 Å². The van der Waals surface area contributed by atoms with Crippen LogP contribution in [0.3, 0.4) is 0 Å². The highest BCUT2D eigenvalue weighted by atomic mass is 31.2. The molecule has 2 aromatic rings. The van der Waals surface area contributed by atoms with Crippen LogP contribution in [0.4, 0.5) is 0 Å². The predicted molar refractivity (Wildman–Crippen MR) is 121 cm³/mol. The maximum Gasteiger partial charge on any atom is 0.290 e. The van der Waals surface area contributed by atoms with Gasteiger partial charge in [-0.2, -0.15) is 0 Å². The number of benzene rings is 2. The number of rotatable bonds is 10. The summed E-state index contributed by atoms with van der Waals surface area (Å²) in [5.41, 5.74) is 4.08. The molecule has 0 aromatic heterocycles. The van der Waals surface area contributed by atoms with Gasteiger partial charge in [-0.3, -0.25) is 0 Å². The van der Waals surface area contributed by atoms with Gasteiger partial charge in [-0.1, -0.05) is 82.7 Å². The van der Waals surface area contributed by atoms with Gasteiger partial charge in [-0.05, 0) is 42.5 Å². The van der Waals surface area contributed by atoms with Gasteiger partial charge < -0.3 is 9.05 Å². The van der Waals surface area contributed by atoms with Crippen molar-refractivity contribution in [1.82, 2.24) is 0 Å². The smallest absolute Gasteiger partial charge is 0.290 e. The highest BCUT2D eigenvalue weighted by Gasteiger charge is 2.23. The van der Waals surface area contributed by atoms with Crippen molar-refractivity contribution in [2.75, 3.05) is 6.16 Å². The van der Waals surface area contributed by atoms with Crippen LogP contribution >= 0.6 is 8.38 Å². The molecule has 1 unspecified atom stereocenters. The van der Waals surface area contributed by atoms with Crippen molar-refractivity contribution in [3.8, 4) is 11.5 Å². The molecule has 0 amide bonds. The van der Waals surface area contributed by atoms with E-state index < -0.39 is 8.38 Å². The molecule has 152 valence electrons. The van der Waals surface area contributed by atoms with Gasteiger partial charge in [0.05, 0.1) is 0 Å². The van der Waals surface area contributed by atoms with E-state index in [1.165, 1.54) is 68.1 Å². The summed E-state index contributed by atoms with van der Waals surface area (Å²) in [7, 11) is -0.938. The van der Waals surface area contributed by atoms with E-state index in [0.717, 1.165) is 30.5 Å². The van der Waals surface area contributed by atoms with Crippen molar-refractivity contribution < 1.29 is 9.05 Å². The first kappa shape index (κ1) is 21.2. The predicted octanol–water partition coefficient (Wildman–Crippen LogP) is 8.06. The van der Waals surface area contributed by atoms with Crippen molar-refractivity contribution in [3.63, 3.8) is 0 Å². The summed E-state index contributed by atoms with van der Waals surface area (Å²) in [5, 5.41) is 0. The second-order valence-corrected chi connectivity index (χ2v) is 9.27. The highest BCUT2D eigenvalue weighted by molar-refractivity contribution is 7.48.